The van der Waals surface area contributed by atoms with Crippen LogP contribution in [0.15, 0.2) is 47.2 Å². The lowest BCUT2D eigenvalue weighted by Crippen LogP contribution is -2.07. The molecule has 1 saturated carbocycles. The van der Waals surface area contributed by atoms with Crippen molar-refractivity contribution in [3.05, 3.63) is 59.8 Å². The van der Waals surface area contributed by atoms with Gasteiger partial charge in [-0.2, -0.15) is 0 Å². The molecule has 1 aliphatic carbocycles. The molecular weight excluding hydrogens is 354 g/mol. The number of aldehydes is 1. The van der Waals surface area contributed by atoms with E-state index in [1.807, 2.05) is 41.1 Å². The molecule has 2 unspecified atom stereocenters. The molecular formula is C22H21N3O3. The number of rotatable bonds is 6. The van der Waals surface area contributed by atoms with Gasteiger partial charge in [-0.1, -0.05) is 17.0 Å². The summed E-state index contributed by atoms with van der Waals surface area (Å²) in [5.41, 5.74) is 2.63. The van der Waals surface area contributed by atoms with Crippen molar-refractivity contribution in [1.82, 2.24) is 14.7 Å². The summed E-state index contributed by atoms with van der Waals surface area (Å²) in [6, 6.07) is 9.73. The summed E-state index contributed by atoms with van der Waals surface area (Å²) in [5, 5.41) is 13.9. The van der Waals surface area contributed by atoms with Gasteiger partial charge in [-0.05, 0) is 43.5 Å². The van der Waals surface area contributed by atoms with Crippen LogP contribution in [0.4, 0.5) is 0 Å². The van der Waals surface area contributed by atoms with Crippen LogP contribution in [0.5, 0.6) is 0 Å². The minimum absolute atomic E-state index is 0.358. The van der Waals surface area contributed by atoms with Crippen molar-refractivity contribution in [2.45, 2.75) is 32.4 Å². The minimum atomic E-state index is -0.639. The number of aliphatic hydroxyl groups is 1. The fourth-order valence-corrected chi connectivity index (χ4v) is 3.22. The van der Waals surface area contributed by atoms with Crippen LogP contribution in [0, 0.1) is 23.7 Å². The Morgan fingerprint density at radius 1 is 1.39 bits per heavy atom. The zero-order chi connectivity index (χ0) is 19.5. The Morgan fingerprint density at radius 2 is 2.21 bits per heavy atom. The maximum atomic E-state index is 10.5. The summed E-state index contributed by atoms with van der Waals surface area (Å²) in [7, 11) is 0. The summed E-state index contributed by atoms with van der Waals surface area (Å²) in [4.78, 5) is 14.7. The van der Waals surface area contributed by atoms with Crippen molar-refractivity contribution in [3.63, 3.8) is 0 Å². The SMILES string of the molecule is C[C@H](O)c1nccn1Cc1cc(-c2ccc(C#CC3CC3CC=O)cc2)on1. The topological polar surface area (TPSA) is 81.2 Å². The number of benzene rings is 1. The van der Waals surface area contributed by atoms with Gasteiger partial charge in [0.05, 0.1) is 6.54 Å². The van der Waals surface area contributed by atoms with Crippen molar-refractivity contribution in [3.8, 4) is 23.2 Å². The molecule has 3 aromatic rings. The Kier molecular flexibility index (Phi) is 5.09. The lowest BCUT2D eigenvalue weighted by atomic mass is 10.1. The van der Waals surface area contributed by atoms with Crippen LogP contribution in [0.1, 0.15) is 43.0 Å². The average molecular weight is 375 g/mol. The summed E-state index contributed by atoms with van der Waals surface area (Å²) in [5.74, 6) is 8.50. The summed E-state index contributed by atoms with van der Waals surface area (Å²) >= 11 is 0. The molecule has 0 aliphatic heterocycles. The third-order valence-corrected chi connectivity index (χ3v) is 4.91. The van der Waals surface area contributed by atoms with Crippen LogP contribution in [0.3, 0.4) is 0 Å². The van der Waals surface area contributed by atoms with E-state index in [4.69, 9.17) is 4.52 Å². The van der Waals surface area contributed by atoms with Crippen LogP contribution in [-0.4, -0.2) is 26.1 Å². The molecule has 2 heterocycles. The van der Waals surface area contributed by atoms with Crippen LogP contribution in [-0.2, 0) is 11.3 Å². The molecule has 2 aromatic heterocycles. The molecule has 0 radical (unpaired) electrons. The lowest BCUT2D eigenvalue weighted by molar-refractivity contribution is -0.108. The van der Waals surface area contributed by atoms with E-state index in [1.165, 1.54) is 0 Å². The molecule has 142 valence electrons. The van der Waals surface area contributed by atoms with Crippen LogP contribution in [0.25, 0.3) is 11.3 Å². The summed E-state index contributed by atoms with van der Waals surface area (Å²) in [6.45, 7) is 2.17. The van der Waals surface area contributed by atoms with Gasteiger partial charge >= 0.3 is 0 Å². The van der Waals surface area contributed by atoms with Crippen molar-refractivity contribution < 1.29 is 14.4 Å². The van der Waals surface area contributed by atoms with Gasteiger partial charge in [0, 0.05) is 41.9 Å². The van der Waals surface area contributed by atoms with Gasteiger partial charge in [-0.25, -0.2) is 4.98 Å². The number of nitrogens with zero attached hydrogens (tertiary/aromatic N) is 3. The average Bonchev–Trinajstić information content (AvgIpc) is 3.07. The van der Waals surface area contributed by atoms with E-state index in [1.54, 1.807) is 13.1 Å². The smallest absolute Gasteiger partial charge is 0.167 e. The second-order valence-corrected chi connectivity index (χ2v) is 7.12. The first kappa shape index (κ1) is 18.2. The molecule has 6 nitrogen and oxygen atoms in total. The molecule has 4 rings (SSSR count). The number of hydrogen-bond donors (Lipinski definition) is 1. The van der Waals surface area contributed by atoms with Crippen LogP contribution in [0.2, 0.25) is 0 Å². The van der Waals surface area contributed by atoms with Crippen molar-refractivity contribution >= 4 is 6.29 Å². The highest BCUT2D eigenvalue weighted by Crippen LogP contribution is 2.39. The molecule has 1 fully saturated rings. The Bertz CT molecular complexity index is 1020. The molecule has 0 spiro atoms. The predicted molar refractivity (Wildman–Crippen MR) is 103 cm³/mol. The number of carbonyl (C=O) groups is 1. The van der Waals surface area contributed by atoms with Gasteiger partial charge in [0.15, 0.2) is 5.76 Å². The highest BCUT2D eigenvalue weighted by Gasteiger charge is 2.34. The highest BCUT2D eigenvalue weighted by molar-refractivity contribution is 5.59. The third kappa shape index (κ3) is 4.05. The molecule has 0 bridgehead atoms. The zero-order valence-electron chi connectivity index (χ0n) is 15.6. The number of carbonyl (C=O) groups excluding carboxylic acids is 1. The van der Waals surface area contributed by atoms with E-state index in [0.717, 1.165) is 29.5 Å². The number of aromatic nitrogens is 3. The van der Waals surface area contributed by atoms with Gasteiger partial charge in [-0.3, -0.25) is 0 Å². The Hall–Kier alpha value is -3.17. The standard InChI is InChI=1S/C22H21N3O3/c1-15(27)22-23-9-10-25(22)14-20-13-21(28-24-20)17-5-2-16(3-6-17)4-7-18-12-19(18)8-11-26/h2-3,5-6,9-11,13,15,18-19,27H,8,12,14H2,1H3/t15-,18?,19?/m0/s1. The quantitative estimate of drug-likeness (QED) is 0.528. The second kappa shape index (κ2) is 7.83. The maximum Gasteiger partial charge on any atom is 0.167 e. The van der Waals surface area contributed by atoms with Gasteiger partial charge in [0.1, 0.15) is 23.9 Å². The van der Waals surface area contributed by atoms with Gasteiger partial charge < -0.3 is 19.0 Å². The maximum absolute atomic E-state index is 10.5. The molecule has 1 N–H and O–H groups in total. The van der Waals surface area contributed by atoms with Gasteiger partial charge in [-0.15, -0.1) is 0 Å². The van der Waals surface area contributed by atoms with Gasteiger partial charge in [0.2, 0.25) is 0 Å². The number of hydrogen-bond acceptors (Lipinski definition) is 5. The largest absolute Gasteiger partial charge is 0.385 e. The van der Waals surface area contributed by atoms with E-state index in [2.05, 4.69) is 22.0 Å². The highest BCUT2D eigenvalue weighted by atomic mass is 16.5. The first-order valence-electron chi connectivity index (χ1n) is 9.34. The second-order valence-electron chi connectivity index (χ2n) is 7.12. The van der Waals surface area contributed by atoms with Crippen LogP contribution >= 0.6 is 0 Å². The summed E-state index contributed by atoms with van der Waals surface area (Å²) < 4.78 is 7.32. The van der Waals surface area contributed by atoms with E-state index in [9.17, 15) is 9.90 Å². The molecule has 0 saturated heterocycles. The fraction of sp³-hybridized carbons (Fsp3) is 0.318. The van der Waals surface area contributed by atoms with Crippen molar-refractivity contribution in [1.29, 1.82) is 0 Å². The molecule has 6 heteroatoms. The van der Waals surface area contributed by atoms with Crippen molar-refractivity contribution in [2.75, 3.05) is 0 Å². The molecule has 0 amide bonds. The van der Waals surface area contributed by atoms with Gasteiger partial charge in [0.25, 0.3) is 0 Å². The monoisotopic (exact) mass is 375 g/mol. The predicted octanol–water partition coefficient (Wildman–Crippen LogP) is 3.22. The first-order valence-corrected chi connectivity index (χ1v) is 9.34. The molecule has 1 aliphatic rings. The first-order chi connectivity index (χ1) is 13.6. The summed E-state index contributed by atoms with van der Waals surface area (Å²) in [6.07, 6.45) is 5.45. The normalized spacial score (nSPS) is 18.9. The molecule has 1 aromatic carbocycles. The fourth-order valence-electron chi connectivity index (χ4n) is 3.22. The minimum Gasteiger partial charge on any atom is -0.385 e. The Labute approximate surface area is 163 Å². The van der Waals surface area contributed by atoms with E-state index in [0.29, 0.717) is 36.4 Å². The van der Waals surface area contributed by atoms with E-state index >= 15 is 0 Å². The Balaban J connectivity index is 1.42. The lowest BCUT2D eigenvalue weighted by Gasteiger charge is -2.07. The van der Waals surface area contributed by atoms with Crippen molar-refractivity contribution in [2.24, 2.45) is 11.8 Å². The number of aliphatic hydroxyl groups excluding tert-OH is 1. The van der Waals surface area contributed by atoms with E-state index < -0.39 is 6.10 Å². The Morgan fingerprint density at radius 3 is 2.96 bits per heavy atom. The van der Waals surface area contributed by atoms with Crippen LogP contribution < -0.4 is 0 Å². The van der Waals surface area contributed by atoms with E-state index in [-0.39, 0.29) is 0 Å². The zero-order valence-corrected chi connectivity index (χ0v) is 15.6. The molecule has 3 atom stereocenters. The number of imidazole rings is 1. The molecule has 28 heavy (non-hydrogen) atoms. The third-order valence-electron chi connectivity index (χ3n) is 4.91.